The minimum atomic E-state index is -4.53. The molecule has 0 heterocycles. The second-order valence-electron chi connectivity index (χ2n) is 7.49. The molecule has 2 N–H and O–H groups in total. The molecule has 0 unspecified atom stereocenters. The van der Waals surface area contributed by atoms with E-state index in [-0.39, 0.29) is 17.5 Å². The number of amides is 2. The first-order chi connectivity index (χ1) is 12.7. The number of hydroxylamine groups is 1. The summed E-state index contributed by atoms with van der Waals surface area (Å²) in [6, 6.07) is 4.03. The van der Waals surface area contributed by atoms with Crippen LogP contribution in [0.25, 0.3) is 0 Å². The maximum Gasteiger partial charge on any atom is 0.416 e. The van der Waals surface area contributed by atoms with Crippen LogP contribution in [0.2, 0.25) is 0 Å². The highest BCUT2D eigenvalue weighted by Crippen LogP contribution is 2.49. The fraction of sp³-hybridized carbons (Fsp3) is 0.579. The Hall–Kier alpha value is -2.09. The summed E-state index contributed by atoms with van der Waals surface area (Å²) in [6.45, 7) is 1.58. The van der Waals surface area contributed by atoms with Crippen molar-refractivity contribution in [3.8, 4) is 0 Å². The summed E-state index contributed by atoms with van der Waals surface area (Å²) in [5.41, 5.74) is 0.894. The first kappa shape index (κ1) is 19.7. The van der Waals surface area contributed by atoms with Crippen LogP contribution in [0.4, 0.5) is 13.2 Å². The Labute approximate surface area is 155 Å². The van der Waals surface area contributed by atoms with Crippen molar-refractivity contribution < 1.29 is 27.6 Å². The second kappa shape index (κ2) is 7.88. The highest BCUT2D eigenvalue weighted by molar-refractivity contribution is 5.93. The third-order valence-corrected chi connectivity index (χ3v) is 5.64. The second-order valence-corrected chi connectivity index (χ2v) is 7.49. The number of fused-ring (bicyclic) bond motifs is 2. The molecule has 4 atom stereocenters. The summed E-state index contributed by atoms with van der Waals surface area (Å²) in [4.78, 5) is 28.7. The third kappa shape index (κ3) is 4.80. The monoisotopic (exact) mass is 384 g/mol. The van der Waals surface area contributed by atoms with Crippen LogP contribution in [-0.2, 0) is 15.8 Å². The van der Waals surface area contributed by atoms with Gasteiger partial charge in [-0.05, 0) is 62.1 Å². The summed E-state index contributed by atoms with van der Waals surface area (Å²) in [5.74, 6) is 0.728. The average Bonchev–Trinajstić information content (AvgIpc) is 3.24. The topological polar surface area (TPSA) is 67.4 Å². The van der Waals surface area contributed by atoms with Gasteiger partial charge >= 0.3 is 6.18 Å². The molecule has 0 saturated heterocycles. The molecular formula is C19H23F3N2O3. The van der Waals surface area contributed by atoms with E-state index in [1.54, 1.807) is 0 Å². The molecule has 2 fully saturated rings. The Balaban J connectivity index is 1.42. The smallest absolute Gasteiger partial charge is 0.351 e. The van der Waals surface area contributed by atoms with Crippen molar-refractivity contribution in [3.05, 3.63) is 35.4 Å². The normalized spacial score (nSPS) is 25.3. The molecule has 148 valence electrons. The van der Waals surface area contributed by atoms with Gasteiger partial charge in [0.1, 0.15) is 0 Å². The van der Waals surface area contributed by atoms with Gasteiger partial charge in [0, 0.05) is 11.6 Å². The summed E-state index contributed by atoms with van der Waals surface area (Å²) in [5, 5.41) is 2.89. The first-order valence-electron chi connectivity index (χ1n) is 9.13. The first-order valence-corrected chi connectivity index (χ1v) is 9.13. The number of carbonyl (C=O) groups is 2. The van der Waals surface area contributed by atoms with Crippen molar-refractivity contribution in [1.82, 2.24) is 10.8 Å². The lowest BCUT2D eigenvalue weighted by molar-refractivity contribution is -0.137. The lowest BCUT2D eigenvalue weighted by atomic mass is 9.84. The van der Waals surface area contributed by atoms with Crippen LogP contribution in [0.5, 0.6) is 0 Å². The molecule has 2 aliphatic carbocycles. The van der Waals surface area contributed by atoms with Crippen molar-refractivity contribution in [3.63, 3.8) is 0 Å². The molecule has 2 aliphatic rings. The van der Waals surface area contributed by atoms with E-state index in [0.29, 0.717) is 11.8 Å². The molecule has 3 rings (SSSR count). The maximum absolute atomic E-state index is 12.7. The van der Waals surface area contributed by atoms with E-state index < -0.39 is 24.3 Å². The largest absolute Gasteiger partial charge is 0.416 e. The van der Waals surface area contributed by atoms with Gasteiger partial charge in [-0.2, -0.15) is 13.2 Å². The molecular weight excluding hydrogens is 361 g/mol. The van der Waals surface area contributed by atoms with Crippen LogP contribution in [0.15, 0.2) is 24.3 Å². The number of alkyl halides is 3. The molecule has 0 radical (unpaired) electrons. The summed E-state index contributed by atoms with van der Waals surface area (Å²) in [7, 11) is 0. The Morgan fingerprint density at radius 3 is 2.67 bits per heavy atom. The predicted molar refractivity (Wildman–Crippen MR) is 91.4 cm³/mol. The Morgan fingerprint density at radius 2 is 2.04 bits per heavy atom. The van der Waals surface area contributed by atoms with Crippen LogP contribution in [0, 0.1) is 17.8 Å². The minimum absolute atomic E-state index is 0.0376. The lowest BCUT2D eigenvalue weighted by Crippen LogP contribution is -2.42. The molecule has 0 spiro atoms. The van der Waals surface area contributed by atoms with E-state index in [2.05, 4.69) is 5.32 Å². The molecule has 2 saturated carbocycles. The Bertz CT molecular complexity index is 708. The van der Waals surface area contributed by atoms with Gasteiger partial charge in [-0.3, -0.25) is 14.4 Å². The molecule has 2 amide bonds. The van der Waals surface area contributed by atoms with E-state index in [1.807, 2.05) is 12.4 Å². The van der Waals surface area contributed by atoms with Gasteiger partial charge in [0.15, 0.2) is 6.61 Å². The number of benzene rings is 1. The van der Waals surface area contributed by atoms with Crippen molar-refractivity contribution in [2.75, 3.05) is 6.61 Å². The molecule has 27 heavy (non-hydrogen) atoms. The van der Waals surface area contributed by atoms with Crippen molar-refractivity contribution in [2.24, 2.45) is 17.8 Å². The quantitative estimate of drug-likeness (QED) is 0.740. The van der Waals surface area contributed by atoms with Crippen LogP contribution in [-0.4, -0.2) is 24.5 Å². The van der Waals surface area contributed by atoms with Gasteiger partial charge in [0.05, 0.1) is 5.56 Å². The van der Waals surface area contributed by atoms with Crippen molar-refractivity contribution >= 4 is 11.8 Å². The van der Waals surface area contributed by atoms with Gasteiger partial charge in [0.25, 0.3) is 5.91 Å². The highest BCUT2D eigenvalue weighted by Gasteiger charge is 2.42. The van der Waals surface area contributed by atoms with Crippen molar-refractivity contribution in [1.29, 1.82) is 0 Å². The SMILES string of the molecule is C[C@@H](NC(=O)CONC(=O)c1cccc(C(F)(F)F)c1)[C@@H]1C[C@H]2CC[C@H]1C2. The van der Waals surface area contributed by atoms with Crippen LogP contribution >= 0.6 is 0 Å². The maximum atomic E-state index is 12.7. The summed E-state index contributed by atoms with van der Waals surface area (Å²) < 4.78 is 38.0. The van der Waals surface area contributed by atoms with Gasteiger partial charge < -0.3 is 5.32 Å². The third-order valence-electron chi connectivity index (χ3n) is 5.64. The molecule has 8 heteroatoms. The fourth-order valence-electron chi connectivity index (χ4n) is 4.37. The number of hydrogen-bond donors (Lipinski definition) is 2. The zero-order valence-corrected chi connectivity index (χ0v) is 15.0. The van der Waals surface area contributed by atoms with E-state index in [1.165, 1.54) is 25.3 Å². The molecule has 0 aliphatic heterocycles. The van der Waals surface area contributed by atoms with Crippen LogP contribution < -0.4 is 10.8 Å². The lowest BCUT2D eigenvalue weighted by Gasteiger charge is -2.28. The Kier molecular flexibility index (Phi) is 5.74. The number of rotatable bonds is 6. The summed E-state index contributed by atoms with van der Waals surface area (Å²) >= 11 is 0. The minimum Gasteiger partial charge on any atom is -0.351 e. The Morgan fingerprint density at radius 1 is 1.26 bits per heavy atom. The average molecular weight is 384 g/mol. The fourth-order valence-corrected chi connectivity index (χ4v) is 4.37. The molecule has 5 nitrogen and oxygen atoms in total. The zero-order valence-electron chi connectivity index (χ0n) is 15.0. The van der Waals surface area contributed by atoms with Gasteiger partial charge in [0.2, 0.25) is 5.91 Å². The predicted octanol–water partition coefficient (Wildman–Crippen LogP) is 3.31. The molecule has 2 bridgehead atoms. The van der Waals surface area contributed by atoms with E-state index >= 15 is 0 Å². The number of nitrogens with one attached hydrogen (secondary N) is 2. The van der Waals surface area contributed by atoms with E-state index in [9.17, 15) is 22.8 Å². The van der Waals surface area contributed by atoms with Gasteiger partial charge in [-0.15, -0.1) is 0 Å². The summed E-state index contributed by atoms with van der Waals surface area (Å²) in [6.07, 6.45) is 0.353. The number of carbonyl (C=O) groups excluding carboxylic acids is 2. The molecule has 1 aromatic carbocycles. The van der Waals surface area contributed by atoms with Crippen LogP contribution in [0.1, 0.15) is 48.5 Å². The number of hydrogen-bond acceptors (Lipinski definition) is 3. The molecule has 0 aromatic heterocycles. The zero-order chi connectivity index (χ0) is 19.6. The standard InChI is InChI=1S/C19H23F3N2O3/c1-11(16-8-12-5-6-13(16)7-12)23-17(25)10-27-24-18(26)14-3-2-4-15(9-14)19(20,21)22/h2-4,9,11-13,16H,5-8,10H2,1H3,(H,23,25)(H,24,26)/t11-,12+,13+,16+/m1/s1. The van der Waals surface area contributed by atoms with E-state index in [0.717, 1.165) is 30.5 Å². The van der Waals surface area contributed by atoms with Crippen molar-refractivity contribution in [2.45, 2.75) is 44.8 Å². The van der Waals surface area contributed by atoms with Gasteiger partial charge in [-0.1, -0.05) is 12.5 Å². The highest BCUT2D eigenvalue weighted by atomic mass is 19.4. The van der Waals surface area contributed by atoms with E-state index in [4.69, 9.17) is 4.84 Å². The number of halogens is 3. The van der Waals surface area contributed by atoms with Gasteiger partial charge in [-0.25, -0.2) is 5.48 Å². The van der Waals surface area contributed by atoms with Crippen LogP contribution in [0.3, 0.4) is 0 Å². The molecule has 1 aromatic rings.